The second kappa shape index (κ2) is 11.1. The van der Waals surface area contributed by atoms with Crippen molar-refractivity contribution in [1.29, 1.82) is 0 Å². The fraction of sp³-hybridized carbons (Fsp3) is 0.560. The van der Waals surface area contributed by atoms with Gasteiger partial charge in [-0.1, -0.05) is 13.3 Å². The molecule has 1 aromatic heterocycles. The third-order valence-electron chi connectivity index (χ3n) is 6.82. The number of nitrogens with zero attached hydrogens (tertiary/aromatic N) is 3. The van der Waals surface area contributed by atoms with Gasteiger partial charge in [0, 0.05) is 24.8 Å². The average molecular weight is 474 g/mol. The van der Waals surface area contributed by atoms with Crippen LogP contribution in [0.2, 0.25) is 0 Å². The minimum atomic E-state index is -0.757. The first-order valence-electron chi connectivity index (χ1n) is 12.2. The smallest absolute Gasteiger partial charge is 0.248 e. The number of benzene rings is 1. The standard InChI is InChI=1S/C25H33F2N5O2/c1-2-5-21(29-24(33)12-17-10-19(26)13-20(27)11-17)25(34)30-23-15-32(16-28-23)22-7-6-18(22)14-31-8-3-4-9-31/h10-11,13,15-16,18,21-22H,2-9,12,14H2,1H3,(H,29,33)(H,30,34)/t18?,21?,22-/m0/s1. The van der Waals surface area contributed by atoms with E-state index in [2.05, 4.69) is 25.1 Å². The number of halogens is 2. The van der Waals surface area contributed by atoms with Crippen LogP contribution < -0.4 is 10.6 Å². The van der Waals surface area contributed by atoms with Gasteiger partial charge in [-0.2, -0.15) is 0 Å². The Morgan fingerprint density at radius 1 is 1.15 bits per heavy atom. The number of anilines is 1. The molecule has 9 heteroatoms. The van der Waals surface area contributed by atoms with Crippen LogP contribution in [0.1, 0.15) is 57.1 Å². The van der Waals surface area contributed by atoms with Gasteiger partial charge in [-0.15, -0.1) is 0 Å². The summed E-state index contributed by atoms with van der Waals surface area (Å²) >= 11 is 0. The number of aromatic nitrogens is 2. The lowest BCUT2D eigenvalue weighted by Crippen LogP contribution is -2.44. The van der Waals surface area contributed by atoms with Crippen LogP contribution in [-0.2, 0) is 16.0 Å². The van der Waals surface area contributed by atoms with Crippen molar-refractivity contribution in [2.75, 3.05) is 25.0 Å². The number of rotatable bonds is 10. The van der Waals surface area contributed by atoms with Crippen molar-refractivity contribution in [2.24, 2.45) is 5.92 Å². The molecular formula is C25H33F2N5O2. The van der Waals surface area contributed by atoms with Crippen molar-refractivity contribution in [3.63, 3.8) is 0 Å². The zero-order valence-corrected chi connectivity index (χ0v) is 19.6. The molecule has 1 saturated heterocycles. The molecule has 34 heavy (non-hydrogen) atoms. The molecule has 2 unspecified atom stereocenters. The summed E-state index contributed by atoms with van der Waals surface area (Å²) in [5, 5.41) is 5.50. The van der Waals surface area contributed by atoms with E-state index in [1.165, 1.54) is 32.4 Å². The number of hydrogen-bond donors (Lipinski definition) is 2. The maximum Gasteiger partial charge on any atom is 0.248 e. The van der Waals surface area contributed by atoms with Crippen molar-refractivity contribution in [3.8, 4) is 0 Å². The molecule has 184 valence electrons. The minimum absolute atomic E-state index is 0.211. The Balaban J connectivity index is 1.31. The molecule has 1 aliphatic carbocycles. The van der Waals surface area contributed by atoms with Crippen LogP contribution in [0.5, 0.6) is 0 Å². The molecule has 1 saturated carbocycles. The van der Waals surface area contributed by atoms with Crippen LogP contribution in [0.15, 0.2) is 30.7 Å². The van der Waals surface area contributed by atoms with Gasteiger partial charge in [-0.25, -0.2) is 13.8 Å². The fourth-order valence-electron chi connectivity index (χ4n) is 4.95. The summed E-state index contributed by atoms with van der Waals surface area (Å²) in [5.74, 6) is -1.24. The Morgan fingerprint density at radius 3 is 2.53 bits per heavy atom. The fourth-order valence-corrected chi connectivity index (χ4v) is 4.95. The number of carbonyl (C=O) groups excluding carboxylic acids is 2. The molecule has 2 N–H and O–H groups in total. The van der Waals surface area contributed by atoms with Gasteiger partial charge in [-0.05, 0) is 68.8 Å². The summed E-state index contributed by atoms with van der Waals surface area (Å²) in [7, 11) is 0. The number of hydrogen-bond acceptors (Lipinski definition) is 4. The number of likely N-dealkylation sites (tertiary alicyclic amines) is 1. The maximum absolute atomic E-state index is 13.4. The summed E-state index contributed by atoms with van der Waals surface area (Å²) in [5.41, 5.74) is 0.216. The second-order valence-corrected chi connectivity index (χ2v) is 9.47. The van der Waals surface area contributed by atoms with Gasteiger partial charge in [-0.3, -0.25) is 9.59 Å². The summed E-state index contributed by atoms with van der Waals surface area (Å²) in [6.07, 6.45) is 9.43. The largest absolute Gasteiger partial charge is 0.344 e. The van der Waals surface area contributed by atoms with Crippen molar-refractivity contribution in [2.45, 2.75) is 64.0 Å². The third kappa shape index (κ3) is 6.20. The normalized spacial score (nSPS) is 21.1. The monoisotopic (exact) mass is 473 g/mol. The first kappa shape index (κ1) is 24.3. The molecule has 2 fully saturated rings. The van der Waals surface area contributed by atoms with E-state index in [0.29, 0.717) is 30.6 Å². The predicted molar refractivity (Wildman–Crippen MR) is 125 cm³/mol. The minimum Gasteiger partial charge on any atom is -0.344 e. The summed E-state index contributed by atoms with van der Waals surface area (Å²) in [6.45, 7) is 5.41. The van der Waals surface area contributed by atoms with Crippen LogP contribution in [0.25, 0.3) is 0 Å². The highest BCUT2D eigenvalue weighted by Crippen LogP contribution is 2.39. The Kier molecular flexibility index (Phi) is 7.92. The Labute approximate surface area is 198 Å². The van der Waals surface area contributed by atoms with Crippen molar-refractivity contribution >= 4 is 17.6 Å². The molecular weight excluding hydrogens is 440 g/mol. The molecule has 2 aromatic rings. The van der Waals surface area contributed by atoms with Gasteiger partial charge in [0.15, 0.2) is 5.82 Å². The van der Waals surface area contributed by atoms with E-state index < -0.39 is 23.6 Å². The van der Waals surface area contributed by atoms with Crippen molar-refractivity contribution in [3.05, 3.63) is 47.9 Å². The van der Waals surface area contributed by atoms with Crippen LogP contribution in [-0.4, -0.2) is 51.9 Å². The quantitative estimate of drug-likeness (QED) is 0.552. The van der Waals surface area contributed by atoms with Gasteiger partial charge in [0.2, 0.25) is 11.8 Å². The van der Waals surface area contributed by atoms with Crippen LogP contribution in [0, 0.1) is 17.6 Å². The number of carbonyl (C=O) groups is 2. The number of amides is 2. The van der Waals surface area contributed by atoms with Crippen molar-refractivity contribution < 1.29 is 18.4 Å². The van der Waals surface area contributed by atoms with Gasteiger partial charge in [0.25, 0.3) is 0 Å². The van der Waals surface area contributed by atoms with Crippen LogP contribution in [0.4, 0.5) is 14.6 Å². The molecule has 1 aromatic carbocycles. The first-order chi connectivity index (χ1) is 16.4. The summed E-state index contributed by atoms with van der Waals surface area (Å²) in [6, 6.07) is 2.62. The lowest BCUT2D eigenvalue weighted by molar-refractivity contribution is -0.126. The molecule has 0 spiro atoms. The molecule has 7 nitrogen and oxygen atoms in total. The Morgan fingerprint density at radius 2 is 1.88 bits per heavy atom. The van der Waals surface area contributed by atoms with E-state index in [4.69, 9.17) is 0 Å². The number of nitrogens with one attached hydrogen (secondary N) is 2. The summed E-state index contributed by atoms with van der Waals surface area (Å²) < 4.78 is 28.9. The van der Waals surface area contributed by atoms with Gasteiger partial charge >= 0.3 is 0 Å². The van der Waals surface area contributed by atoms with Gasteiger partial charge in [0.1, 0.15) is 17.7 Å². The molecule has 0 radical (unpaired) electrons. The maximum atomic E-state index is 13.4. The molecule has 2 amide bonds. The SMILES string of the molecule is CCCC(NC(=O)Cc1cc(F)cc(F)c1)C(=O)Nc1cn([C@H]2CCC2CN2CCCC2)cn1. The first-order valence-corrected chi connectivity index (χ1v) is 12.2. The van der Waals surface area contributed by atoms with Crippen LogP contribution in [0.3, 0.4) is 0 Å². The zero-order chi connectivity index (χ0) is 24.1. The second-order valence-electron chi connectivity index (χ2n) is 9.47. The lowest BCUT2D eigenvalue weighted by atomic mass is 9.79. The molecule has 1 aliphatic heterocycles. The van der Waals surface area contributed by atoms with E-state index in [0.717, 1.165) is 31.2 Å². The highest BCUT2D eigenvalue weighted by atomic mass is 19.1. The summed E-state index contributed by atoms with van der Waals surface area (Å²) in [4.78, 5) is 32.2. The zero-order valence-electron chi connectivity index (χ0n) is 19.6. The van der Waals surface area contributed by atoms with Crippen molar-refractivity contribution in [1.82, 2.24) is 19.8 Å². The Bertz CT molecular complexity index is 985. The average Bonchev–Trinajstić information content (AvgIpc) is 3.42. The van der Waals surface area contributed by atoms with E-state index in [1.54, 1.807) is 6.33 Å². The lowest BCUT2D eigenvalue weighted by Gasteiger charge is -2.39. The Hall–Kier alpha value is -2.81. The third-order valence-corrected chi connectivity index (χ3v) is 6.82. The highest BCUT2D eigenvalue weighted by Gasteiger charge is 2.34. The molecule has 4 rings (SSSR count). The molecule has 3 atom stereocenters. The topological polar surface area (TPSA) is 79.3 Å². The van der Waals surface area contributed by atoms with E-state index in [9.17, 15) is 18.4 Å². The predicted octanol–water partition coefficient (Wildman–Crippen LogP) is 3.67. The van der Waals surface area contributed by atoms with Crippen LogP contribution >= 0.6 is 0 Å². The molecule has 2 heterocycles. The molecule has 2 aliphatic rings. The van der Waals surface area contributed by atoms with E-state index in [1.807, 2.05) is 13.1 Å². The van der Waals surface area contributed by atoms with Gasteiger partial charge in [0.05, 0.1) is 12.7 Å². The van der Waals surface area contributed by atoms with Gasteiger partial charge < -0.3 is 20.1 Å². The highest BCUT2D eigenvalue weighted by molar-refractivity contribution is 5.96. The van der Waals surface area contributed by atoms with E-state index in [-0.39, 0.29) is 17.9 Å². The number of imidazole rings is 1. The van der Waals surface area contributed by atoms with E-state index >= 15 is 0 Å². The molecule has 0 bridgehead atoms.